The molecule has 5 fully saturated rings. The maximum absolute atomic E-state index is 10.4. The van der Waals surface area contributed by atoms with Crippen LogP contribution in [0.4, 0.5) is 0 Å². The van der Waals surface area contributed by atoms with E-state index in [0.717, 1.165) is 57.1 Å². The largest absolute Gasteiger partial charge is 0.395 e. The maximum Gasteiger partial charge on any atom is 0.0900 e. The van der Waals surface area contributed by atoms with E-state index in [-0.39, 0.29) is 12.7 Å². The fraction of sp³-hybridized carbons (Fsp3) is 1.00. The lowest BCUT2D eigenvalue weighted by molar-refractivity contribution is -0.107. The van der Waals surface area contributed by atoms with Crippen molar-refractivity contribution >= 4 is 0 Å². The predicted molar refractivity (Wildman–Crippen MR) is 97.4 cm³/mol. The Morgan fingerprint density at radius 1 is 0.920 bits per heavy atom. The van der Waals surface area contributed by atoms with Crippen LogP contribution in [0.3, 0.4) is 0 Å². The first kappa shape index (κ1) is 18.2. The smallest absolute Gasteiger partial charge is 0.0900 e. The zero-order chi connectivity index (χ0) is 17.3. The van der Waals surface area contributed by atoms with Gasteiger partial charge in [-0.05, 0) is 61.7 Å². The number of rotatable bonds is 8. The number of ether oxygens (including phenoxy) is 1. The Morgan fingerprint density at radius 2 is 1.48 bits per heavy atom. The Labute approximate surface area is 152 Å². The molecule has 0 amide bonds. The summed E-state index contributed by atoms with van der Waals surface area (Å²) in [7, 11) is 0. The summed E-state index contributed by atoms with van der Waals surface area (Å²) in [4.78, 5) is 4.61. The number of hydrogen-bond acceptors (Lipinski definition) is 5. The Hall–Kier alpha value is -0.200. The van der Waals surface area contributed by atoms with Gasteiger partial charge in [-0.15, -0.1) is 0 Å². The third kappa shape index (κ3) is 4.38. The molecule has 0 radical (unpaired) electrons. The van der Waals surface area contributed by atoms with Crippen molar-refractivity contribution in [1.29, 1.82) is 0 Å². The van der Waals surface area contributed by atoms with Crippen LogP contribution in [0, 0.1) is 23.2 Å². The fourth-order valence-electron chi connectivity index (χ4n) is 6.57. The van der Waals surface area contributed by atoms with Gasteiger partial charge in [-0.25, -0.2) is 0 Å². The summed E-state index contributed by atoms with van der Waals surface area (Å²) in [5.41, 5.74) is 0.449. The van der Waals surface area contributed by atoms with E-state index < -0.39 is 0 Å². The Bertz CT molecular complexity index is 401. The first-order valence-corrected chi connectivity index (χ1v) is 10.5. The second-order valence-corrected chi connectivity index (χ2v) is 9.45. The van der Waals surface area contributed by atoms with E-state index in [1.54, 1.807) is 0 Å². The molecule has 5 heteroatoms. The summed E-state index contributed by atoms with van der Waals surface area (Å²) in [6, 6.07) is 0. The molecule has 0 aromatic rings. The minimum absolute atomic E-state index is 0.237. The van der Waals surface area contributed by atoms with E-state index in [1.165, 1.54) is 38.5 Å². The number of aliphatic hydroxyl groups excluding tert-OH is 2. The van der Waals surface area contributed by atoms with Gasteiger partial charge in [0.05, 0.1) is 25.9 Å². The highest BCUT2D eigenvalue weighted by molar-refractivity contribution is 5.01. The van der Waals surface area contributed by atoms with E-state index in [2.05, 4.69) is 9.80 Å². The van der Waals surface area contributed by atoms with Gasteiger partial charge in [0.2, 0.25) is 0 Å². The lowest BCUT2D eigenvalue weighted by atomic mass is 9.50. The molecule has 5 rings (SSSR count). The Balaban J connectivity index is 1.16. The molecule has 0 aromatic carbocycles. The van der Waals surface area contributed by atoms with Crippen LogP contribution in [-0.4, -0.2) is 85.2 Å². The van der Waals surface area contributed by atoms with Crippen LogP contribution >= 0.6 is 0 Å². The Morgan fingerprint density at radius 3 is 2.04 bits per heavy atom. The van der Waals surface area contributed by atoms with Gasteiger partial charge in [-0.2, -0.15) is 0 Å². The second-order valence-electron chi connectivity index (χ2n) is 9.45. The summed E-state index contributed by atoms with van der Waals surface area (Å²) >= 11 is 0. The van der Waals surface area contributed by atoms with Gasteiger partial charge >= 0.3 is 0 Å². The summed E-state index contributed by atoms with van der Waals surface area (Å²) in [5, 5.41) is 19.4. The van der Waals surface area contributed by atoms with Crippen molar-refractivity contribution in [2.75, 3.05) is 59.1 Å². The Kier molecular flexibility index (Phi) is 5.68. The lowest BCUT2D eigenvalue weighted by Gasteiger charge is -2.56. The first-order valence-electron chi connectivity index (χ1n) is 10.5. The number of piperazine rings is 1. The van der Waals surface area contributed by atoms with Gasteiger partial charge in [-0.3, -0.25) is 9.80 Å². The van der Waals surface area contributed by atoms with E-state index in [4.69, 9.17) is 9.84 Å². The predicted octanol–water partition coefficient (Wildman–Crippen LogP) is 1.19. The van der Waals surface area contributed by atoms with E-state index in [9.17, 15) is 5.11 Å². The summed E-state index contributed by atoms with van der Waals surface area (Å²) in [6.07, 6.45) is 8.18. The molecular formula is C20H36N2O3. The molecule has 144 valence electrons. The van der Waals surface area contributed by atoms with Crippen molar-refractivity contribution in [2.24, 2.45) is 23.2 Å². The number of aliphatic hydroxyl groups is 2. The van der Waals surface area contributed by atoms with Crippen molar-refractivity contribution in [3.05, 3.63) is 0 Å². The maximum atomic E-state index is 10.4. The van der Waals surface area contributed by atoms with Crippen molar-refractivity contribution in [2.45, 2.75) is 44.6 Å². The second kappa shape index (κ2) is 7.81. The summed E-state index contributed by atoms with van der Waals surface area (Å²) in [5.74, 6) is 2.90. The van der Waals surface area contributed by atoms with Crippen molar-refractivity contribution < 1.29 is 14.9 Å². The molecule has 2 N–H and O–H groups in total. The van der Waals surface area contributed by atoms with E-state index >= 15 is 0 Å². The molecular weight excluding hydrogens is 316 g/mol. The molecule has 0 unspecified atom stereocenters. The van der Waals surface area contributed by atoms with Gasteiger partial charge in [0.1, 0.15) is 0 Å². The van der Waals surface area contributed by atoms with Gasteiger partial charge in [0, 0.05) is 39.3 Å². The van der Waals surface area contributed by atoms with Crippen LogP contribution in [0.5, 0.6) is 0 Å². The van der Waals surface area contributed by atoms with Crippen molar-refractivity contribution in [3.63, 3.8) is 0 Å². The molecule has 4 aliphatic carbocycles. The zero-order valence-corrected chi connectivity index (χ0v) is 15.6. The van der Waals surface area contributed by atoms with Crippen LogP contribution in [0.2, 0.25) is 0 Å². The standard InChI is InChI=1S/C20H36N2O3/c23-6-5-21-1-3-22(4-2-21)13-19(24)14-25-15-20-10-16-7-17(11-20)9-18(8-16)12-20/h16-19,23-24H,1-15H2/t16?,17?,18?,19-,20?/m1/s1. The van der Waals surface area contributed by atoms with Crippen LogP contribution in [0.25, 0.3) is 0 Å². The average molecular weight is 353 g/mol. The quantitative estimate of drug-likeness (QED) is 0.687. The van der Waals surface area contributed by atoms with E-state index in [0.29, 0.717) is 18.6 Å². The highest BCUT2D eigenvalue weighted by Crippen LogP contribution is 2.60. The highest BCUT2D eigenvalue weighted by atomic mass is 16.5. The molecule has 25 heavy (non-hydrogen) atoms. The summed E-state index contributed by atoms with van der Waals surface area (Å²) < 4.78 is 6.06. The molecule has 1 atom stereocenters. The molecule has 5 nitrogen and oxygen atoms in total. The molecule has 1 heterocycles. The van der Waals surface area contributed by atoms with Gasteiger partial charge < -0.3 is 14.9 Å². The zero-order valence-electron chi connectivity index (χ0n) is 15.6. The SMILES string of the molecule is OCCN1CCN(C[C@@H](O)COCC23CC4CC(CC(C4)C2)C3)CC1. The minimum Gasteiger partial charge on any atom is -0.395 e. The molecule has 5 aliphatic rings. The van der Waals surface area contributed by atoms with Gasteiger partial charge in [0.15, 0.2) is 0 Å². The number of β-amino-alcohol motifs (C(OH)–C–C–N with tert-alkyl or cyclic N) is 2. The highest BCUT2D eigenvalue weighted by Gasteiger charge is 2.50. The third-order valence-electron chi connectivity index (χ3n) is 7.23. The molecule has 4 bridgehead atoms. The lowest BCUT2D eigenvalue weighted by Crippen LogP contribution is -2.50. The monoisotopic (exact) mass is 352 g/mol. The first-order chi connectivity index (χ1) is 12.1. The van der Waals surface area contributed by atoms with Crippen LogP contribution < -0.4 is 0 Å². The van der Waals surface area contributed by atoms with E-state index in [1.807, 2.05) is 0 Å². The van der Waals surface area contributed by atoms with Gasteiger partial charge in [-0.1, -0.05) is 0 Å². The van der Waals surface area contributed by atoms with Crippen molar-refractivity contribution in [3.8, 4) is 0 Å². The van der Waals surface area contributed by atoms with Crippen LogP contribution in [0.15, 0.2) is 0 Å². The molecule has 0 spiro atoms. The van der Waals surface area contributed by atoms with Crippen LogP contribution in [-0.2, 0) is 4.74 Å². The van der Waals surface area contributed by atoms with Gasteiger partial charge in [0.25, 0.3) is 0 Å². The third-order valence-corrected chi connectivity index (χ3v) is 7.23. The normalized spacial score (nSPS) is 39.8. The molecule has 1 saturated heterocycles. The molecule has 1 aliphatic heterocycles. The topological polar surface area (TPSA) is 56.2 Å². The number of hydrogen-bond donors (Lipinski definition) is 2. The van der Waals surface area contributed by atoms with Crippen LogP contribution in [0.1, 0.15) is 38.5 Å². The number of nitrogens with zero attached hydrogens (tertiary/aromatic N) is 2. The van der Waals surface area contributed by atoms with Crippen molar-refractivity contribution in [1.82, 2.24) is 9.80 Å². The molecule has 0 aromatic heterocycles. The minimum atomic E-state index is -0.377. The summed E-state index contributed by atoms with van der Waals surface area (Å²) in [6.45, 7) is 7.01. The molecule has 4 saturated carbocycles. The average Bonchev–Trinajstić information content (AvgIpc) is 2.55. The fourth-order valence-corrected chi connectivity index (χ4v) is 6.57.